The van der Waals surface area contributed by atoms with Gasteiger partial charge in [-0.15, -0.1) is 0 Å². The van der Waals surface area contributed by atoms with Crippen molar-refractivity contribution in [1.29, 1.82) is 0 Å². The van der Waals surface area contributed by atoms with Gasteiger partial charge in [0.05, 0.1) is 17.1 Å². The number of hydrogen-bond donors (Lipinski definition) is 2. The van der Waals surface area contributed by atoms with Gasteiger partial charge in [-0.05, 0) is 45.9 Å². The Labute approximate surface area is 114 Å². The second kappa shape index (κ2) is 4.68. The van der Waals surface area contributed by atoms with Crippen molar-refractivity contribution >= 4 is 15.7 Å². The molecule has 0 fully saturated rings. The minimum Gasteiger partial charge on any atom is -0.487 e. The summed E-state index contributed by atoms with van der Waals surface area (Å²) < 4.78 is 32.7. The first-order valence-corrected chi connectivity index (χ1v) is 7.74. The summed E-state index contributed by atoms with van der Waals surface area (Å²) in [5, 5.41) is 3.17. The molecule has 19 heavy (non-hydrogen) atoms. The van der Waals surface area contributed by atoms with Crippen LogP contribution in [0, 0.1) is 0 Å². The van der Waals surface area contributed by atoms with E-state index < -0.39 is 15.6 Å². The fourth-order valence-electron chi connectivity index (χ4n) is 1.89. The monoisotopic (exact) mass is 284 g/mol. The van der Waals surface area contributed by atoms with E-state index in [0.29, 0.717) is 12.3 Å². The molecule has 0 amide bonds. The first kappa shape index (κ1) is 14.1. The van der Waals surface area contributed by atoms with Gasteiger partial charge < -0.3 is 10.1 Å². The number of anilines is 1. The van der Waals surface area contributed by atoms with E-state index in [0.717, 1.165) is 5.69 Å². The van der Waals surface area contributed by atoms with Gasteiger partial charge in [-0.3, -0.25) is 0 Å². The summed E-state index contributed by atoms with van der Waals surface area (Å²) in [7, 11) is -3.51. The van der Waals surface area contributed by atoms with Crippen molar-refractivity contribution in [2.24, 2.45) is 0 Å². The average molecular weight is 284 g/mol. The molecule has 1 aliphatic rings. The van der Waals surface area contributed by atoms with Crippen LogP contribution in [-0.2, 0) is 10.0 Å². The number of hydrogen-bond acceptors (Lipinski definition) is 4. The van der Waals surface area contributed by atoms with E-state index >= 15 is 0 Å². The molecule has 1 aromatic carbocycles. The van der Waals surface area contributed by atoms with Crippen LogP contribution in [-0.4, -0.2) is 26.6 Å². The molecule has 0 aliphatic carbocycles. The van der Waals surface area contributed by atoms with Crippen molar-refractivity contribution in [3.8, 4) is 5.75 Å². The van der Waals surface area contributed by atoms with Crippen LogP contribution in [0.3, 0.4) is 0 Å². The predicted octanol–water partition coefficient (Wildman–Crippen LogP) is 1.96. The zero-order valence-corrected chi connectivity index (χ0v) is 12.5. The molecule has 0 saturated heterocycles. The van der Waals surface area contributed by atoms with Crippen molar-refractivity contribution in [2.45, 2.75) is 44.2 Å². The maximum Gasteiger partial charge on any atom is 0.241 e. The van der Waals surface area contributed by atoms with Gasteiger partial charge in [-0.1, -0.05) is 0 Å². The summed E-state index contributed by atoms with van der Waals surface area (Å²) in [4.78, 5) is 0.242. The van der Waals surface area contributed by atoms with Gasteiger partial charge in [0, 0.05) is 5.54 Å². The van der Waals surface area contributed by atoms with Crippen LogP contribution in [0.2, 0.25) is 0 Å². The average Bonchev–Trinajstić information content (AvgIpc) is 2.25. The van der Waals surface area contributed by atoms with Crippen LogP contribution in [0.4, 0.5) is 5.69 Å². The molecular weight excluding hydrogens is 264 g/mol. The molecule has 0 bridgehead atoms. The largest absolute Gasteiger partial charge is 0.487 e. The third-order valence-corrected chi connectivity index (χ3v) is 4.37. The normalized spacial score (nSPS) is 19.3. The van der Waals surface area contributed by atoms with Crippen LogP contribution in [0.5, 0.6) is 5.75 Å². The minimum atomic E-state index is -3.51. The van der Waals surface area contributed by atoms with E-state index in [1.807, 2.05) is 27.7 Å². The van der Waals surface area contributed by atoms with Crippen molar-refractivity contribution in [3.63, 3.8) is 0 Å². The number of sulfonamides is 1. The van der Waals surface area contributed by atoms with Crippen molar-refractivity contribution in [2.75, 3.05) is 11.9 Å². The van der Waals surface area contributed by atoms with Crippen LogP contribution in [0.25, 0.3) is 0 Å². The molecule has 6 heteroatoms. The highest BCUT2D eigenvalue weighted by Crippen LogP contribution is 2.31. The smallest absolute Gasteiger partial charge is 0.241 e. The molecule has 2 N–H and O–H groups in total. The molecule has 106 valence electrons. The van der Waals surface area contributed by atoms with Gasteiger partial charge in [0.15, 0.2) is 0 Å². The van der Waals surface area contributed by atoms with Gasteiger partial charge in [-0.25, -0.2) is 13.1 Å². The van der Waals surface area contributed by atoms with Gasteiger partial charge in [0.1, 0.15) is 11.9 Å². The van der Waals surface area contributed by atoms with Gasteiger partial charge in [0.25, 0.3) is 0 Å². The Morgan fingerprint density at radius 1 is 1.37 bits per heavy atom. The third kappa shape index (κ3) is 3.39. The van der Waals surface area contributed by atoms with E-state index in [1.54, 1.807) is 18.2 Å². The van der Waals surface area contributed by atoms with E-state index in [1.165, 1.54) is 0 Å². The molecule has 0 spiro atoms. The number of rotatable bonds is 2. The van der Waals surface area contributed by atoms with E-state index in [4.69, 9.17) is 4.74 Å². The summed E-state index contributed by atoms with van der Waals surface area (Å²) in [6.07, 6.45) is 0.0858. The fourth-order valence-corrected chi connectivity index (χ4v) is 3.34. The minimum absolute atomic E-state index is 0.0858. The lowest BCUT2D eigenvalue weighted by molar-refractivity contribution is 0.226. The van der Waals surface area contributed by atoms with Crippen molar-refractivity contribution < 1.29 is 13.2 Å². The second-order valence-electron chi connectivity index (χ2n) is 5.82. The second-order valence-corrected chi connectivity index (χ2v) is 7.51. The standard InChI is InChI=1S/C13H20N2O3S/c1-9-8-14-11-7-10(5-6-12(11)18-9)19(16,17)15-13(2,3)4/h5-7,9,14-15H,8H2,1-4H3. The SMILES string of the molecule is CC1CNc2cc(S(=O)(=O)NC(C)(C)C)ccc2O1. The van der Waals surface area contributed by atoms with Gasteiger partial charge in [0.2, 0.25) is 10.0 Å². The van der Waals surface area contributed by atoms with E-state index in [9.17, 15) is 8.42 Å². The predicted molar refractivity (Wildman–Crippen MR) is 75.1 cm³/mol. The summed E-state index contributed by atoms with van der Waals surface area (Å²) in [6.45, 7) is 8.06. The van der Waals surface area contributed by atoms with Crippen LogP contribution in [0.1, 0.15) is 27.7 Å². The highest BCUT2D eigenvalue weighted by Gasteiger charge is 2.24. The van der Waals surface area contributed by atoms with Crippen molar-refractivity contribution in [3.05, 3.63) is 18.2 Å². The molecule has 2 rings (SSSR count). The number of ether oxygens (including phenoxy) is 1. The fraction of sp³-hybridized carbons (Fsp3) is 0.538. The van der Waals surface area contributed by atoms with Gasteiger partial charge >= 0.3 is 0 Å². The summed E-state index contributed by atoms with van der Waals surface area (Å²) in [5.74, 6) is 0.688. The number of benzene rings is 1. The summed E-state index contributed by atoms with van der Waals surface area (Å²) >= 11 is 0. The molecule has 1 unspecified atom stereocenters. The first-order chi connectivity index (χ1) is 8.67. The molecule has 1 aromatic rings. The molecule has 0 radical (unpaired) electrons. The Bertz CT molecular complexity index is 576. The molecular formula is C13H20N2O3S. The van der Waals surface area contributed by atoms with Gasteiger partial charge in [-0.2, -0.15) is 0 Å². The molecule has 0 aromatic heterocycles. The Morgan fingerprint density at radius 2 is 2.05 bits per heavy atom. The van der Waals surface area contributed by atoms with Crippen LogP contribution < -0.4 is 14.8 Å². The molecule has 1 aliphatic heterocycles. The highest BCUT2D eigenvalue weighted by atomic mass is 32.2. The lowest BCUT2D eigenvalue weighted by Crippen LogP contribution is -2.40. The molecule has 1 heterocycles. The summed E-state index contributed by atoms with van der Waals surface area (Å²) in [5.41, 5.74) is 0.211. The zero-order chi connectivity index (χ0) is 14.3. The van der Waals surface area contributed by atoms with E-state index in [-0.39, 0.29) is 11.0 Å². The molecule has 0 saturated carbocycles. The highest BCUT2D eigenvalue weighted by molar-refractivity contribution is 7.89. The van der Waals surface area contributed by atoms with Crippen molar-refractivity contribution in [1.82, 2.24) is 4.72 Å². The first-order valence-electron chi connectivity index (χ1n) is 6.26. The zero-order valence-electron chi connectivity index (χ0n) is 11.6. The summed E-state index contributed by atoms with van der Waals surface area (Å²) in [6, 6.07) is 4.86. The quantitative estimate of drug-likeness (QED) is 0.871. The Kier molecular flexibility index (Phi) is 3.49. The molecule has 5 nitrogen and oxygen atoms in total. The maximum absolute atomic E-state index is 12.2. The number of nitrogens with one attached hydrogen (secondary N) is 2. The molecule has 1 atom stereocenters. The topological polar surface area (TPSA) is 67.4 Å². The number of fused-ring (bicyclic) bond motifs is 1. The Balaban J connectivity index is 2.32. The third-order valence-electron chi connectivity index (χ3n) is 2.61. The lowest BCUT2D eigenvalue weighted by Gasteiger charge is -2.26. The van der Waals surface area contributed by atoms with Crippen LogP contribution in [0.15, 0.2) is 23.1 Å². The van der Waals surface area contributed by atoms with E-state index in [2.05, 4.69) is 10.0 Å². The maximum atomic E-state index is 12.2. The lowest BCUT2D eigenvalue weighted by atomic mass is 10.1. The van der Waals surface area contributed by atoms with Crippen LogP contribution >= 0.6 is 0 Å². The Morgan fingerprint density at radius 3 is 2.68 bits per heavy atom. The Hall–Kier alpha value is -1.27.